The monoisotopic (exact) mass is 206 g/mol. The first kappa shape index (κ1) is 10.8. The molecule has 1 aromatic rings. The lowest BCUT2D eigenvalue weighted by Gasteiger charge is -2.15. The third kappa shape index (κ3) is 2.35. The molecule has 1 aromatic heterocycles. The van der Waals surface area contributed by atoms with Gasteiger partial charge in [0, 0.05) is 6.07 Å². The van der Waals surface area contributed by atoms with Crippen LogP contribution in [0.3, 0.4) is 0 Å². The van der Waals surface area contributed by atoms with Crippen LogP contribution in [-0.4, -0.2) is 18.3 Å². The number of nitrogens with two attached hydrogens (primary N) is 1. The predicted octanol–water partition coefficient (Wildman–Crippen LogP) is 1.65. The Kier molecular flexibility index (Phi) is 2.95. The van der Waals surface area contributed by atoms with Crippen molar-refractivity contribution in [1.29, 1.82) is 0 Å². The van der Waals surface area contributed by atoms with Gasteiger partial charge in [0.05, 0.1) is 12.8 Å². The van der Waals surface area contributed by atoms with Crippen molar-refractivity contribution >= 4 is 0 Å². The van der Waals surface area contributed by atoms with Gasteiger partial charge in [-0.25, -0.2) is 4.98 Å². The summed E-state index contributed by atoms with van der Waals surface area (Å²) in [5, 5.41) is 0. The number of halogens is 3. The molecule has 0 radical (unpaired) electrons. The Balaban J connectivity index is 2.95. The van der Waals surface area contributed by atoms with Gasteiger partial charge in [-0.05, 0) is 6.07 Å². The zero-order valence-electron chi connectivity index (χ0n) is 7.38. The molecule has 0 aliphatic carbocycles. The van der Waals surface area contributed by atoms with E-state index in [1.165, 1.54) is 25.3 Å². The van der Waals surface area contributed by atoms with Gasteiger partial charge in [-0.3, -0.25) is 0 Å². The summed E-state index contributed by atoms with van der Waals surface area (Å²) >= 11 is 0. The van der Waals surface area contributed by atoms with E-state index in [9.17, 15) is 13.2 Å². The Hall–Kier alpha value is -1.30. The van der Waals surface area contributed by atoms with E-state index in [-0.39, 0.29) is 11.6 Å². The summed E-state index contributed by atoms with van der Waals surface area (Å²) in [4.78, 5) is 3.59. The molecule has 0 aromatic carbocycles. The summed E-state index contributed by atoms with van der Waals surface area (Å²) in [5.41, 5.74) is 4.70. The largest absolute Gasteiger partial charge is 0.481 e. The van der Waals surface area contributed by atoms with Gasteiger partial charge >= 0.3 is 6.18 Å². The summed E-state index contributed by atoms with van der Waals surface area (Å²) in [6.45, 7) is 0. The fraction of sp³-hybridized carbons (Fsp3) is 0.375. The summed E-state index contributed by atoms with van der Waals surface area (Å²) in [7, 11) is 1.32. The van der Waals surface area contributed by atoms with Crippen molar-refractivity contribution in [3.63, 3.8) is 0 Å². The van der Waals surface area contributed by atoms with E-state index in [0.717, 1.165) is 0 Å². The van der Waals surface area contributed by atoms with E-state index in [4.69, 9.17) is 5.73 Å². The van der Waals surface area contributed by atoms with E-state index in [2.05, 4.69) is 9.72 Å². The highest BCUT2D eigenvalue weighted by molar-refractivity contribution is 5.18. The Morgan fingerprint density at radius 2 is 2.07 bits per heavy atom. The van der Waals surface area contributed by atoms with Gasteiger partial charge in [-0.2, -0.15) is 13.2 Å². The molecule has 0 saturated carbocycles. The van der Waals surface area contributed by atoms with Crippen LogP contribution in [0.15, 0.2) is 18.2 Å². The van der Waals surface area contributed by atoms with Crippen molar-refractivity contribution in [2.45, 2.75) is 12.2 Å². The lowest BCUT2D eigenvalue weighted by molar-refractivity contribution is -0.150. The number of hydrogen-bond acceptors (Lipinski definition) is 3. The molecule has 6 heteroatoms. The standard InChI is InChI=1S/C8H9F3N2O/c1-14-6-4-2-3-5(13-6)7(12)8(9,10)11/h2-4,7H,12H2,1H3/t7-/m1/s1. The highest BCUT2D eigenvalue weighted by Crippen LogP contribution is 2.29. The van der Waals surface area contributed by atoms with Crippen LogP contribution in [-0.2, 0) is 0 Å². The Bertz CT molecular complexity index is 314. The van der Waals surface area contributed by atoms with Gasteiger partial charge in [-0.15, -0.1) is 0 Å². The molecule has 0 aliphatic heterocycles. The number of alkyl halides is 3. The Morgan fingerprint density at radius 1 is 1.43 bits per heavy atom. The average Bonchev–Trinajstić information content (AvgIpc) is 2.15. The Labute approximate surface area is 78.7 Å². The molecule has 0 saturated heterocycles. The Morgan fingerprint density at radius 3 is 2.57 bits per heavy atom. The van der Waals surface area contributed by atoms with Crippen molar-refractivity contribution in [3.8, 4) is 5.88 Å². The van der Waals surface area contributed by atoms with Crippen LogP contribution in [0.4, 0.5) is 13.2 Å². The maximum atomic E-state index is 12.2. The van der Waals surface area contributed by atoms with Crippen molar-refractivity contribution in [2.24, 2.45) is 5.73 Å². The molecule has 1 rings (SSSR count). The van der Waals surface area contributed by atoms with Crippen molar-refractivity contribution in [3.05, 3.63) is 23.9 Å². The molecule has 1 atom stereocenters. The number of pyridine rings is 1. The lowest BCUT2D eigenvalue weighted by Crippen LogP contribution is -2.29. The molecule has 0 aliphatic rings. The smallest absolute Gasteiger partial charge is 0.409 e. The van der Waals surface area contributed by atoms with Crippen LogP contribution in [0.2, 0.25) is 0 Å². The summed E-state index contributed by atoms with van der Waals surface area (Å²) in [5.74, 6) is 0.113. The minimum absolute atomic E-state index is 0.113. The second kappa shape index (κ2) is 3.83. The quantitative estimate of drug-likeness (QED) is 0.800. The first-order valence-corrected chi connectivity index (χ1v) is 3.78. The van der Waals surface area contributed by atoms with Gasteiger partial charge in [0.1, 0.15) is 6.04 Å². The second-order valence-corrected chi connectivity index (χ2v) is 2.62. The van der Waals surface area contributed by atoms with Crippen LogP contribution in [0, 0.1) is 0 Å². The van der Waals surface area contributed by atoms with Gasteiger partial charge in [0.2, 0.25) is 5.88 Å². The van der Waals surface area contributed by atoms with E-state index < -0.39 is 12.2 Å². The third-order valence-corrected chi connectivity index (χ3v) is 1.63. The number of nitrogens with zero attached hydrogens (tertiary/aromatic N) is 1. The normalized spacial score (nSPS) is 13.8. The molecule has 3 nitrogen and oxygen atoms in total. The van der Waals surface area contributed by atoms with Crippen LogP contribution in [0.1, 0.15) is 11.7 Å². The molecule has 78 valence electrons. The molecule has 0 unspecified atom stereocenters. The molecule has 2 N–H and O–H groups in total. The lowest BCUT2D eigenvalue weighted by atomic mass is 10.2. The van der Waals surface area contributed by atoms with E-state index in [1.807, 2.05) is 0 Å². The maximum absolute atomic E-state index is 12.2. The predicted molar refractivity (Wildman–Crippen MR) is 43.8 cm³/mol. The minimum atomic E-state index is -4.49. The van der Waals surface area contributed by atoms with Crippen LogP contribution >= 0.6 is 0 Å². The molecule has 0 fully saturated rings. The number of methoxy groups -OCH3 is 1. The fourth-order valence-corrected chi connectivity index (χ4v) is 0.885. The SMILES string of the molecule is COc1cccc([C@@H](N)C(F)(F)F)n1. The summed E-state index contributed by atoms with van der Waals surface area (Å²) in [6.07, 6.45) is -4.49. The van der Waals surface area contributed by atoms with Gasteiger partial charge in [0.15, 0.2) is 0 Å². The summed E-state index contributed by atoms with van der Waals surface area (Å²) < 4.78 is 41.2. The van der Waals surface area contributed by atoms with E-state index in [1.54, 1.807) is 0 Å². The molecule has 14 heavy (non-hydrogen) atoms. The number of aromatic nitrogens is 1. The van der Waals surface area contributed by atoms with Gasteiger partial charge in [-0.1, -0.05) is 6.07 Å². The van der Waals surface area contributed by atoms with Gasteiger partial charge < -0.3 is 10.5 Å². The topological polar surface area (TPSA) is 48.1 Å². The van der Waals surface area contributed by atoms with Crippen molar-refractivity contribution < 1.29 is 17.9 Å². The number of rotatable bonds is 2. The van der Waals surface area contributed by atoms with Crippen LogP contribution in [0.25, 0.3) is 0 Å². The zero-order valence-corrected chi connectivity index (χ0v) is 7.38. The maximum Gasteiger partial charge on any atom is 0.409 e. The number of ether oxygens (including phenoxy) is 1. The second-order valence-electron chi connectivity index (χ2n) is 2.62. The zero-order chi connectivity index (χ0) is 10.8. The first-order chi connectivity index (χ1) is 6.45. The van der Waals surface area contributed by atoms with Gasteiger partial charge in [0.25, 0.3) is 0 Å². The molecular weight excluding hydrogens is 197 g/mol. The highest BCUT2D eigenvalue weighted by atomic mass is 19.4. The number of hydrogen-bond donors (Lipinski definition) is 1. The first-order valence-electron chi connectivity index (χ1n) is 3.78. The molecular formula is C8H9F3N2O. The van der Waals surface area contributed by atoms with Crippen LogP contribution < -0.4 is 10.5 Å². The van der Waals surface area contributed by atoms with Crippen molar-refractivity contribution in [2.75, 3.05) is 7.11 Å². The molecule has 0 bridgehead atoms. The highest BCUT2D eigenvalue weighted by Gasteiger charge is 2.38. The van der Waals surface area contributed by atoms with Crippen LogP contribution in [0.5, 0.6) is 5.88 Å². The molecule has 0 amide bonds. The fourth-order valence-electron chi connectivity index (χ4n) is 0.885. The van der Waals surface area contributed by atoms with Crippen molar-refractivity contribution in [1.82, 2.24) is 4.98 Å². The summed E-state index contributed by atoms with van der Waals surface area (Å²) in [6, 6.07) is 2.00. The van der Waals surface area contributed by atoms with E-state index >= 15 is 0 Å². The molecule has 1 heterocycles. The minimum Gasteiger partial charge on any atom is -0.481 e. The third-order valence-electron chi connectivity index (χ3n) is 1.63. The molecule has 0 spiro atoms. The average molecular weight is 206 g/mol. The van der Waals surface area contributed by atoms with E-state index in [0.29, 0.717) is 0 Å².